The van der Waals surface area contributed by atoms with Crippen LogP contribution in [0.5, 0.6) is 0 Å². The molecule has 5 heteroatoms. The summed E-state index contributed by atoms with van der Waals surface area (Å²) in [6.45, 7) is 4.16. The smallest absolute Gasteiger partial charge is 0.227 e. The molecule has 0 aliphatic carbocycles. The molecule has 4 aromatic rings. The number of rotatable bonds is 6. The van der Waals surface area contributed by atoms with Crippen molar-refractivity contribution < 1.29 is 9.59 Å². The van der Waals surface area contributed by atoms with E-state index in [4.69, 9.17) is 0 Å². The van der Waals surface area contributed by atoms with Crippen LogP contribution in [0, 0.1) is 5.92 Å². The molecule has 2 heterocycles. The maximum atomic E-state index is 12.9. The number of benzene rings is 3. The van der Waals surface area contributed by atoms with Crippen LogP contribution in [0.15, 0.2) is 78.9 Å². The number of hydrogen-bond acceptors (Lipinski definition) is 3. The Hall–Kier alpha value is -3.70. The molecule has 34 heavy (non-hydrogen) atoms. The van der Waals surface area contributed by atoms with Gasteiger partial charge >= 0.3 is 0 Å². The molecule has 1 aliphatic heterocycles. The summed E-state index contributed by atoms with van der Waals surface area (Å²) in [5.41, 5.74) is 6.01. The van der Waals surface area contributed by atoms with E-state index in [1.54, 1.807) is 6.92 Å². The molecule has 0 bridgehead atoms. The van der Waals surface area contributed by atoms with Crippen molar-refractivity contribution in [3.8, 4) is 11.3 Å². The van der Waals surface area contributed by atoms with E-state index in [0.717, 1.165) is 66.1 Å². The number of nitrogens with zero attached hydrogens (tertiary/aromatic N) is 1. The number of fused-ring (bicyclic) bond motifs is 1. The van der Waals surface area contributed by atoms with E-state index in [0.29, 0.717) is 0 Å². The van der Waals surface area contributed by atoms with Gasteiger partial charge in [0.05, 0.1) is 0 Å². The summed E-state index contributed by atoms with van der Waals surface area (Å²) in [7, 11) is 0. The van der Waals surface area contributed by atoms with Crippen molar-refractivity contribution in [2.75, 3.05) is 18.4 Å². The number of aromatic amines is 1. The van der Waals surface area contributed by atoms with Crippen molar-refractivity contribution in [2.45, 2.75) is 26.3 Å². The Labute approximate surface area is 199 Å². The molecule has 1 saturated heterocycles. The van der Waals surface area contributed by atoms with Gasteiger partial charge in [0.15, 0.2) is 5.78 Å². The van der Waals surface area contributed by atoms with Gasteiger partial charge in [-0.2, -0.15) is 0 Å². The Bertz CT molecular complexity index is 1280. The van der Waals surface area contributed by atoms with E-state index in [-0.39, 0.29) is 17.6 Å². The van der Waals surface area contributed by atoms with Crippen LogP contribution in [-0.2, 0) is 11.3 Å². The number of piperidine rings is 1. The largest absolute Gasteiger partial charge is 0.355 e. The number of Topliss-reactive ketones (excluding diaryl/α,β-unsaturated/α-hetero) is 1. The molecule has 3 aromatic carbocycles. The number of carbonyl (C=O) groups excluding carboxylic acids is 2. The molecule has 0 radical (unpaired) electrons. The summed E-state index contributed by atoms with van der Waals surface area (Å²) < 4.78 is 0. The lowest BCUT2D eigenvalue weighted by Crippen LogP contribution is -2.37. The van der Waals surface area contributed by atoms with Gasteiger partial charge in [0.1, 0.15) is 0 Å². The Morgan fingerprint density at radius 2 is 1.71 bits per heavy atom. The van der Waals surface area contributed by atoms with Crippen molar-refractivity contribution in [3.05, 3.63) is 90.0 Å². The molecule has 5 rings (SSSR count). The average Bonchev–Trinajstić information content (AvgIpc) is 3.29. The van der Waals surface area contributed by atoms with Crippen LogP contribution in [0.4, 0.5) is 5.69 Å². The lowest BCUT2D eigenvalue weighted by atomic mass is 9.95. The van der Waals surface area contributed by atoms with Crippen molar-refractivity contribution in [1.29, 1.82) is 0 Å². The predicted octanol–water partition coefficient (Wildman–Crippen LogP) is 5.89. The number of likely N-dealkylation sites (tertiary alicyclic amines) is 1. The number of nitrogens with one attached hydrogen (secondary N) is 2. The summed E-state index contributed by atoms with van der Waals surface area (Å²) in [5, 5.41) is 4.28. The monoisotopic (exact) mass is 451 g/mol. The van der Waals surface area contributed by atoms with E-state index in [1.165, 1.54) is 5.39 Å². The third kappa shape index (κ3) is 4.95. The maximum Gasteiger partial charge on any atom is 0.227 e. The lowest BCUT2D eigenvalue weighted by Gasteiger charge is -2.31. The zero-order chi connectivity index (χ0) is 23.5. The Kier molecular flexibility index (Phi) is 6.28. The fourth-order valence-electron chi connectivity index (χ4n) is 4.71. The highest BCUT2D eigenvalue weighted by Crippen LogP contribution is 2.26. The average molecular weight is 452 g/mol. The molecule has 5 nitrogen and oxygen atoms in total. The molecule has 0 spiro atoms. The van der Waals surface area contributed by atoms with Crippen LogP contribution in [0.1, 0.15) is 35.7 Å². The van der Waals surface area contributed by atoms with Crippen molar-refractivity contribution in [2.24, 2.45) is 5.92 Å². The van der Waals surface area contributed by atoms with E-state index in [1.807, 2.05) is 54.6 Å². The topological polar surface area (TPSA) is 65.2 Å². The van der Waals surface area contributed by atoms with E-state index < -0.39 is 0 Å². The molecule has 0 unspecified atom stereocenters. The summed E-state index contributed by atoms with van der Waals surface area (Å²) in [6.07, 6.45) is 1.68. The molecular weight excluding hydrogens is 422 g/mol. The van der Waals surface area contributed by atoms with Crippen LogP contribution >= 0.6 is 0 Å². The van der Waals surface area contributed by atoms with E-state index in [9.17, 15) is 9.59 Å². The SMILES string of the molecule is CC(=O)c1cccc(CN2CCC(C(=O)Nc3ccc(-c4cc5ccccc5[nH]4)cc3)CC2)c1. The van der Waals surface area contributed by atoms with Crippen molar-refractivity contribution in [3.63, 3.8) is 0 Å². The van der Waals surface area contributed by atoms with Gasteiger partial charge in [-0.15, -0.1) is 0 Å². The van der Waals surface area contributed by atoms with Gasteiger partial charge in [0.2, 0.25) is 5.91 Å². The van der Waals surface area contributed by atoms with Gasteiger partial charge in [-0.1, -0.05) is 48.5 Å². The molecule has 1 aromatic heterocycles. The highest BCUT2D eigenvalue weighted by Gasteiger charge is 2.25. The first-order valence-corrected chi connectivity index (χ1v) is 11.9. The second-order valence-electron chi connectivity index (χ2n) is 9.14. The Balaban J connectivity index is 1.15. The minimum absolute atomic E-state index is 0.0215. The zero-order valence-electron chi connectivity index (χ0n) is 19.4. The molecule has 0 atom stereocenters. The van der Waals surface area contributed by atoms with Crippen molar-refractivity contribution >= 4 is 28.3 Å². The molecule has 2 N–H and O–H groups in total. The van der Waals surface area contributed by atoms with Gasteiger partial charge in [-0.25, -0.2) is 0 Å². The molecule has 1 amide bonds. The van der Waals surface area contributed by atoms with Crippen LogP contribution < -0.4 is 5.32 Å². The van der Waals surface area contributed by atoms with Crippen LogP contribution in [0.2, 0.25) is 0 Å². The number of hydrogen-bond donors (Lipinski definition) is 2. The molecule has 172 valence electrons. The number of ketones is 1. The minimum Gasteiger partial charge on any atom is -0.355 e. The van der Waals surface area contributed by atoms with E-state index in [2.05, 4.69) is 39.5 Å². The standard InChI is InChI=1S/C29H29N3O2/c1-20(33)24-7-4-5-21(17-24)19-32-15-13-23(14-16-32)29(34)30-26-11-9-22(10-12-26)28-18-25-6-2-3-8-27(25)31-28/h2-12,17-18,23,31H,13-16,19H2,1H3,(H,30,34). The summed E-state index contributed by atoms with van der Waals surface area (Å²) in [5.74, 6) is 0.205. The third-order valence-electron chi connectivity index (χ3n) is 6.69. The molecule has 0 saturated carbocycles. The first-order chi connectivity index (χ1) is 16.5. The van der Waals surface area contributed by atoms with E-state index >= 15 is 0 Å². The lowest BCUT2D eigenvalue weighted by molar-refractivity contribution is -0.121. The number of carbonyl (C=O) groups is 2. The first kappa shape index (κ1) is 22.1. The van der Waals surface area contributed by atoms with Gasteiger partial charge in [-0.3, -0.25) is 14.5 Å². The highest BCUT2D eigenvalue weighted by atomic mass is 16.2. The summed E-state index contributed by atoms with van der Waals surface area (Å²) >= 11 is 0. The van der Waals surface area contributed by atoms with Gasteiger partial charge in [0.25, 0.3) is 0 Å². The first-order valence-electron chi connectivity index (χ1n) is 11.9. The normalized spacial score (nSPS) is 14.9. The summed E-state index contributed by atoms with van der Waals surface area (Å²) in [6, 6.07) is 26.2. The van der Waals surface area contributed by atoms with Crippen LogP contribution in [0.3, 0.4) is 0 Å². The fourth-order valence-corrected chi connectivity index (χ4v) is 4.71. The number of anilines is 1. The fraction of sp³-hybridized carbons (Fsp3) is 0.241. The minimum atomic E-state index is 0.0215. The van der Waals surface area contributed by atoms with Crippen LogP contribution in [-0.4, -0.2) is 34.7 Å². The van der Waals surface area contributed by atoms with Crippen molar-refractivity contribution in [1.82, 2.24) is 9.88 Å². The molecule has 1 fully saturated rings. The Morgan fingerprint density at radius 1 is 0.941 bits per heavy atom. The number of aromatic nitrogens is 1. The number of amides is 1. The third-order valence-corrected chi connectivity index (χ3v) is 6.69. The predicted molar refractivity (Wildman–Crippen MR) is 137 cm³/mol. The second-order valence-corrected chi connectivity index (χ2v) is 9.14. The number of para-hydroxylation sites is 1. The number of H-pyrrole nitrogens is 1. The zero-order valence-corrected chi connectivity index (χ0v) is 19.4. The summed E-state index contributed by atoms with van der Waals surface area (Å²) in [4.78, 5) is 30.3. The molecular formula is C29H29N3O2. The van der Waals surface area contributed by atoms with Gasteiger partial charge in [0, 0.05) is 40.3 Å². The molecule has 1 aliphatic rings. The van der Waals surface area contributed by atoms with Gasteiger partial charge < -0.3 is 10.3 Å². The highest BCUT2D eigenvalue weighted by molar-refractivity contribution is 5.94. The maximum absolute atomic E-state index is 12.9. The second kappa shape index (κ2) is 9.65. The van der Waals surface area contributed by atoms with Crippen LogP contribution in [0.25, 0.3) is 22.2 Å². The van der Waals surface area contributed by atoms with Gasteiger partial charge in [-0.05, 0) is 74.3 Å². The quantitative estimate of drug-likeness (QED) is 0.359. The Morgan fingerprint density at radius 3 is 2.44 bits per heavy atom.